The summed E-state index contributed by atoms with van der Waals surface area (Å²) < 4.78 is 29.8. The second kappa shape index (κ2) is 10.5. The lowest BCUT2D eigenvalue weighted by atomic mass is 10.0. The van der Waals surface area contributed by atoms with Crippen LogP contribution < -0.4 is 5.32 Å². The van der Waals surface area contributed by atoms with Gasteiger partial charge in [0, 0.05) is 35.3 Å². The first kappa shape index (κ1) is 25.2. The molecule has 38 heavy (non-hydrogen) atoms. The number of carboxylic acids is 1. The van der Waals surface area contributed by atoms with Crippen LogP contribution in [0.1, 0.15) is 37.7 Å². The Labute approximate surface area is 221 Å². The summed E-state index contributed by atoms with van der Waals surface area (Å²) in [5, 5.41) is 12.6. The van der Waals surface area contributed by atoms with Crippen molar-refractivity contribution in [3.63, 3.8) is 0 Å². The molecule has 8 heteroatoms. The molecule has 0 aliphatic heterocycles. The minimum atomic E-state index is -1.03. The summed E-state index contributed by atoms with van der Waals surface area (Å²) in [6, 6.07) is 24.0. The zero-order valence-electron chi connectivity index (χ0n) is 19.9. The average molecular weight is 531 g/mol. The van der Waals surface area contributed by atoms with E-state index in [-0.39, 0.29) is 17.8 Å². The highest BCUT2D eigenvalue weighted by Crippen LogP contribution is 2.28. The predicted molar refractivity (Wildman–Crippen MR) is 142 cm³/mol. The van der Waals surface area contributed by atoms with Gasteiger partial charge in [-0.2, -0.15) is 0 Å². The number of hydrogen-bond acceptors (Lipinski definition) is 2. The van der Waals surface area contributed by atoms with Gasteiger partial charge in [-0.3, -0.25) is 4.79 Å². The van der Waals surface area contributed by atoms with Gasteiger partial charge in [-0.15, -0.1) is 0 Å². The number of carbonyl (C=O) groups is 2. The van der Waals surface area contributed by atoms with E-state index in [0.717, 1.165) is 22.9 Å². The molecule has 0 aliphatic carbocycles. The molecule has 0 atom stereocenters. The summed E-state index contributed by atoms with van der Waals surface area (Å²) in [7, 11) is 0. The van der Waals surface area contributed by atoms with Crippen molar-refractivity contribution in [3.8, 4) is 11.1 Å². The minimum absolute atomic E-state index is 0.148. The summed E-state index contributed by atoms with van der Waals surface area (Å²) in [5.41, 5.74) is 4.41. The van der Waals surface area contributed by atoms with Gasteiger partial charge in [0.1, 0.15) is 17.3 Å². The Hall–Kier alpha value is -4.49. The van der Waals surface area contributed by atoms with E-state index in [1.54, 1.807) is 30.3 Å². The topological polar surface area (TPSA) is 70.8 Å². The fraction of sp³-hybridized carbons (Fsp3) is 0.0667. The van der Waals surface area contributed by atoms with Crippen LogP contribution in [0, 0.1) is 11.6 Å². The van der Waals surface area contributed by atoms with Crippen molar-refractivity contribution in [2.24, 2.45) is 0 Å². The molecule has 0 saturated heterocycles. The van der Waals surface area contributed by atoms with Crippen LogP contribution >= 0.6 is 11.6 Å². The summed E-state index contributed by atoms with van der Waals surface area (Å²) in [6.07, 6.45) is 0.500. The molecule has 5 nitrogen and oxygen atoms in total. The van der Waals surface area contributed by atoms with Crippen molar-refractivity contribution < 1.29 is 23.5 Å². The molecule has 0 bridgehead atoms. The van der Waals surface area contributed by atoms with Crippen molar-refractivity contribution in [1.82, 2.24) is 9.72 Å². The molecule has 0 saturated carbocycles. The molecule has 2 heterocycles. The van der Waals surface area contributed by atoms with E-state index in [0.29, 0.717) is 28.1 Å². The average Bonchev–Trinajstić information content (AvgIpc) is 3.29. The number of fused-ring (bicyclic) bond motifs is 1. The first-order valence-corrected chi connectivity index (χ1v) is 12.1. The summed E-state index contributed by atoms with van der Waals surface area (Å²) in [4.78, 5) is 24.6. The number of nitrogens with zero attached hydrogens (tertiary/aromatic N) is 1. The van der Waals surface area contributed by atoms with Crippen molar-refractivity contribution in [2.75, 3.05) is 0 Å². The van der Waals surface area contributed by atoms with Gasteiger partial charge >= 0.3 is 5.97 Å². The van der Waals surface area contributed by atoms with Crippen LogP contribution in [0.15, 0.2) is 91.0 Å². The lowest BCUT2D eigenvalue weighted by Crippen LogP contribution is -2.25. The lowest BCUT2D eigenvalue weighted by Gasteiger charge is -2.14. The van der Waals surface area contributed by atoms with E-state index >= 15 is 0 Å². The van der Waals surface area contributed by atoms with E-state index < -0.39 is 23.5 Å². The van der Waals surface area contributed by atoms with Crippen LogP contribution in [0.25, 0.3) is 16.6 Å². The molecule has 3 aromatic carbocycles. The first-order valence-electron chi connectivity index (χ1n) is 11.7. The molecule has 1 amide bonds. The Morgan fingerprint density at radius 1 is 0.816 bits per heavy atom. The Balaban J connectivity index is 1.54. The fourth-order valence-corrected chi connectivity index (χ4v) is 4.62. The van der Waals surface area contributed by atoms with Crippen LogP contribution in [-0.4, -0.2) is 21.4 Å². The molecular weight excluding hydrogens is 510 g/mol. The van der Waals surface area contributed by atoms with Gasteiger partial charge in [0.2, 0.25) is 0 Å². The van der Waals surface area contributed by atoms with Gasteiger partial charge in [-0.1, -0.05) is 35.9 Å². The third-order valence-corrected chi connectivity index (χ3v) is 6.42. The number of rotatable bonds is 7. The molecule has 0 radical (unpaired) electrons. The predicted octanol–water partition coefficient (Wildman–Crippen LogP) is 6.76. The van der Waals surface area contributed by atoms with Crippen LogP contribution in [0.3, 0.4) is 0 Å². The zero-order chi connectivity index (χ0) is 26.8. The van der Waals surface area contributed by atoms with Gasteiger partial charge in [-0.05, 0) is 82.9 Å². The molecule has 2 aromatic heterocycles. The standard InChI is InChI=1S/C30H21ClF2N2O3/c31-23-3-1-2-19(10-23)11-26-8-9-27-14-22(21-12-24(32)16-25(33)13-21)15-28(35(26)27)29(36)34-17-18-4-6-20(7-5-18)30(37)38/h1-10,12-16H,11,17H2,(H,34,36)(H,37,38). The molecule has 190 valence electrons. The van der Waals surface area contributed by atoms with Crippen molar-refractivity contribution in [3.05, 3.63) is 136 Å². The molecule has 2 N–H and O–H groups in total. The van der Waals surface area contributed by atoms with Gasteiger partial charge in [0.15, 0.2) is 0 Å². The van der Waals surface area contributed by atoms with Crippen LogP contribution in [0.2, 0.25) is 5.02 Å². The second-order valence-electron chi connectivity index (χ2n) is 8.86. The van der Waals surface area contributed by atoms with Crippen LogP contribution in [-0.2, 0) is 13.0 Å². The van der Waals surface area contributed by atoms with E-state index in [9.17, 15) is 18.4 Å². The SMILES string of the molecule is O=C(O)c1ccc(CNC(=O)c2cc(-c3cc(F)cc(F)c3)cc3ccc(Cc4cccc(Cl)c4)n23)cc1. The smallest absolute Gasteiger partial charge is 0.335 e. The largest absolute Gasteiger partial charge is 0.478 e. The third kappa shape index (κ3) is 5.43. The van der Waals surface area contributed by atoms with Gasteiger partial charge in [0.25, 0.3) is 5.91 Å². The van der Waals surface area contributed by atoms with Gasteiger partial charge < -0.3 is 14.8 Å². The van der Waals surface area contributed by atoms with E-state index in [1.807, 2.05) is 34.7 Å². The minimum Gasteiger partial charge on any atom is -0.478 e. The Morgan fingerprint density at radius 2 is 1.53 bits per heavy atom. The molecule has 5 aromatic rings. The molecule has 0 spiro atoms. The highest BCUT2D eigenvalue weighted by Gasteiger charge is 2.17. The van der Waals surface area contributed by atoms with E-state index in [1.165, 1.54) is 24.3 Å². The lowest BCUT2D eigenvalue weighted by molar-refractivity contribution is 0.0696. The summed E-state index contributed by atoms with van der Waals surface area (Å²) in [6.45, 7) is 0.157. The van der Waals surface area contributed by atoms with Crippen LogP contribution in [0.4, 0.5) is 8.78 Å². The number of halogens is 3. The molecule has 0 unspecified atom stereocenters. The number of hydrogen-bond donors (Lipinski definition) is 2. The maximum absolute atomic E-state index is 14.0. The maximum Gasteiger partial charge on any atom is 0.335 e. The Kier molecular flexibility index (Phi) is 6.94. The summed E-state index contributed by atoms with van der Waals surface area (Å²) in [5.74, 6) is -2.87. The Bertz CT molecular complexity index is 1660. The number of aromatic nitrogens is 1. The maximum atomic E-state index is 14.0. The number of aromatic carboxylic acids is 1. The second-order valence-corrected chi connectivity index (χ2v) is 9.30. The van der Waals surface area contributed by atoms with Crippen molar-refractivity contribution in [1.29, 1.82) is 0 Å². The van der Waals surface area contributed by atoms with E-state index in [4.69, 9.17) is 16.7 Å². The molecule has 5 rings (SSSR count). The van der Waals surface area contributed by atoms with E-state index in [2.05, 4.69) is 5.32 Å². The third-order valence-electron chi connectivity index (χ3n) is 6.19. The van der Waals surface area contributed by atoms with Gasteiger partial charge in [0.05, 0.1) is 5.56 Å². The number of nitrogens with one attached hydrogen (secondary N) is 1. The monoisotopic (exact) mass is 530 g/mol. The highest BCUT2D eigenvalue weighted by molar-refractivity contribution is 6.30. The normalized spacial score (nSPS) is 11.0. The number of pyridine rings is 1. The number of carbonyl (C=O) groups excluding carboxylic acids is 1. The number of benzene rings is 3. The number of carboxylic acid groups (broad SMARTS) is 1. The molecule has 0 aliphatic rings. The number of amides is 1. The van der Waals surface area contributed by atoms with Gasteiger partial charge in [-0.25, -0.2) is 13.6 Å². The quantitative estimate of drug-likeness (QED) is 0.244. The molecule has 0 fully saturated rings. The van der Waals surface area contributed by atoms with Crippen LogP contribution in [0.5, 0.6) is 0 Å². The zero-order valence-corrected chi connectivity index (χ0v) is 20.7. The van der Waals surface area contributed by atoms with Crippen molar-refractivity contribution in [2.45, 2.75) is 13.0 Å². The first-order chi connectivity index (χ1) is 18.3. The Morgan fingerprint density at radius 3 is 2.21 bits per heavy atom. The summed E-state index contributed by atoms with van der Waals surface area (Å²) >= 11 is 6.16. The fourth-order valence-electron chi connectivity index (χ4n) is 4.40. The highest BCUT2D eigenvalue weighted by atomic mass is 35.5. The molecular formula is C30H21ClF2N2O3. The van der Waals surface area contributed by atoms with Crippen molar-refractivity contribution >= 4 is 29.0 Å².